The van der Waals surface area contributed by atoms with Gasteiger partial charge in [-0.2, -0.15) is 0 Å². The quantitative estimate of drug-likeness (QED) is 0.566. The standard InChI is InChI=1S/C16H22N2O5S/c1-5-10-17-24(21,22)13-8-6-12(7-9-13)15(20)23-11-14(19)18-16(2,3)4/h5-9,17H,1,10-11H2,2-4H3,(H,18,19). The summed E-state index contributed by atoms with van der Waals surface area (Å²) in [7, 11) is -3.65. The zero-order valence-corrected chi connectivity index (χ0v) is 14.8. The highest BCUT2D eigenvalue weighted by atomic mass is 32.2. The van der Waals surface area contributed by atoms with Gasteiger partial charge in [0.15, 0.2) is 6.61 Å². The summed E-state index contributed by atoms with van der Waals surface area (Å²) in [4.78, 5) is 23.5. The molecule has 0 radical (unpaired) electrons. The second kappa shape index (κ2) is 8.07. The molecular formula is C16H22N2O5S. The Balaban J connectivity index is 2.67. The van der Waals surface area contributed by atoms with E-state index in [1.807, 2.05) is 20.8 Å². The summed E-state index contributed by atoms with van der Waals surface area (Å²) in [6, 6.07) is 5.23. The van der Waals surface area contributed by atoms with E-state index in [4.69, 9.17) is 4.74 Å². The van der Waals surface area contributed by atoms with Crippen LogP contribution in [0.4, 0.5) is 0 Å². The summed E-state index contributed by atoms with van der Waals surface area (Å²) in [5, 5.41) is 2.66. The molecule has 1 rings (SSSR count). The lowest BCUT2D eigenvalue weighted by Gasteiger charge is -2.20. The largest absolute Gasteiger partial charge is 0.452 e. The zero-order chi connectivity index (χ0) is 18.4. The molecule has 0 fully saturated rings. The fourth-order valence-electron chi connectivity index (χ4n) is 1.69. The van der Waals surface area contributed by atoms with Gasteiger partial charge >= 0.3 is 5.97 Å². The smallest absolute Gasteiger partial charge is 0.338 e. The first-order valence-corrected chi connectivity index (χ1v) is 8.72. The minimum Gasteiger partial charge on any atom is -0.452 e. The van der Waals surface area contributed by atoms with Gasteiger partial charge in [0.25, 0.3) is 5.91 Å². The molecule has 0 aliphatic heterocycles. The van der Waals surface area contributed by atoms with E-state index in [-0.39, 0.29) is 17.0 Å². The summed E-state index contributed by atoms with van der Waals surface area (Å²) in [6.45, 7) is 8.57. The number of carbonyl (C=O) groups excluding carboxylic acids is 2. The van der Waals surface area contributed by atoms with E-state index in [9.17, 15) is 18.0 Å². The molecule has 24 heavy (non-hydrogen) atoms. The molecule has 0 aliphatic rings. The summed E-state index contributed by atoms with van der Waals surface area (Å²) in [5.74, 6) is -1.12. The molecule has 0 aromatic heterocycles. The molecule has 0 atom stereocenters. The maximum atomic E-state index is 11.9. The average Bonchev–Trinajstić information content (AvgIpc) is 2.49. The van der Waals surface area contributed by atoms with E-state index in [0.717, 1.165) is 0 Å². The normalized spacial score (nSPS) is 11.6. The van der Waals surface area contributed by atoms with Gasteiger partial charge in [-0.3, -0.25) is 4.79 Å². The monoisotopic (exact) mass is 354 g/mol. The molecule has 8 heteroatoms. The number of rotatable bonds is 7. The highest BCUT2D eigenvalue weighted by molar-refractivity contribution is 7.89. The van der Waals surface area contributed by atoms with Gasteiger partial charge in [0.2, 0.25) is 10.0 Å². The molecule has 132 valence electrons. The Morgan fingerprint density at radius 3 is 2.29 bits per heavy atom. The molecule has 1 aromatic carbocycles. The predicted octanol–water partition coefficient (Wildman–Crippen LogP) is 1.22. The lowest BCUT2D eigenvalue weighted by Crippen LogP contribution is -2.42. The van der Waals surface area contributed by atoms with E-state index in [1.54, 1.807) is 0 Å². The molecule has 0 bridgehead atoms. The van der Waals surface area contributed by atoms with Crippen LogP contribution in [0.25, 0.3) is 0 Å². The molecule has 7 nitrogen and oxygen atoms in total. The van der Waals surface area contributed by atoms with Crippen molar-refractivity contribution in [3.8, 4) is 0 Å². The van der Waals surface area contributed by atoms with Crippen molar-refractivity contribution in [2.45, 2.75) is 31.2 Å². The predicted molar refractivity (Wildman–Crippen MR) is 90.0 cm³/mol. The Kier molecular flexibility index (Phi) is 6.68. The van der Waals surface area contributed by atoms with Crippen LogP contribution >= 0.6 is 0 Å². The van der Waals surface area contributed by atoms with E-state index < -0.39 is 34.0 Å². The Bertz CT molecular complexity index is 703. The van der Waals surface area contributed by atoms with Crippen molar-refractivity contribution in [1.29, 1.82) is 0 Å². The van der Waals surface area contributed by atoms with Gasteiger partial charge in [-0.05, 0) is 45.0 Å². The van der Waals surface area contributed by atoms with E-state index in [2.05, 4.69) is 16.6 Å². The molecule has 0 saturated carbocycles. The Morgan fingerprint density at radius 1 is 1.21 bits per heavy atom. The van der Waals surface area contributed by atoms with Gasteiger partial charge in [-0.25, -0.2) is 17.9 Å². The second-order valence-corrected chi connectivity index (χ2v) is 7.81. The Hall–Kier alpha value is -2.19. The number of ether oxygens (including phenoxy) is 1. The van der Waals surface area contributed by atoms with Crippen molar-refractivity contribution in [2.24, 2.45) is 0 Å². The lowest BCUT2D eigenvalue weighted by molar-refractivity contribution is -0.125. The molecule has 0 aliphatic carbocycles. The molecule has 0 saturated heterocycles. The van der Waals surface area contributed by atoms with Crippen LogP contribution in [0.1, 0.15) is 31.1 Å². The van der Waals surface area contributed by atoms with Gasteiger partial charge < -0.3 is 10.1 Å². The van der Waals surface area contributed by atoms with E-state index in [0.29, 0.717) is 0 Å². The van der Waals surface area contributed by atoms with E-state index in [1.165, 1.54) is 30.3 Å². The first-order valence-electron chi connectivity index (χ1n) is 7.24. The first-order chi connectivity index (χ1) is 11.0. The van der Waals surface area contributed by atoms with Crippen LogP contribution in [0.15, 0.2) is 41.8 Å². The third-order valence-corrected chi connectivity index (χ3v) is 4.11. The van der Waals surface area contributed by atoms with Crippen LogP contribution in [0.2, 0.25) is 0 Å². The van der Waals surface area contributed by atoms with Crippen molar-refractivity contribution in [1.82, 2.24) is 10.0 Å². The maximum Gasteiger partial charge on any atom is 0.338 e. The topological polar surface area (TPSA) is 102 Å². The molecule has 0 heterocycles. The number of esters is 1. The number of hydrogen-bond donors (Lipinski definition) is 2. The van der Waals surface area contributed by atoms with Crippen LogP contribution in [-0.4, -0.2) is 39.0 Å². The van der Waals surface area contributed by atoms with Crippen molar-refractivity contribution in [2.75, 3.05) is 13.2 Å². The number of hydrogen-bond acceptors (Lipinski definition) is 5. The fourth-order valence-corrected chi connectivity index (χ4v) is 2.69. The first kappa shape index (κ1) is 19.9. The minimum atomic E-state index is -3.65. The lowest BCUT2D eigenvalue weighted by atomic mass is 10.1. The third kappa shape index (κ3) is 6.51. The number of benzene rings is 1. The zero-order valence-electron chi connectivity index (χ0n) is 14.0. The van der Waals surface area contributed by atoms with Crippen molar-refractivity contribution >= 4 is 21.9 Å². The SMILES string of the molecule is C=CCNS(=O)(=O)c1ccc(C(=O)OCC(=O)NC(C)(C)C)cc1. The second-order valence-electron chi connectivity index (χ2n) is 6.04. The van der Waals surface area contributed by atoms with Crippen molar-refractivity contribution < 1.29 is 22.7 Å². The van der Waals surface area contributed by atoms with Gasteiger partial charge in [0.1, 0.15) is 0 Å². The Morgan fingerprint density at radius 2 is 1.79 bits per heavy atom. The Labute approximate surface area is 142 Å². The van der Waals surface area contributed by atoms with E-state index >= 15 is 0 Å². The minimum absolute atomic E-state index is 0.0198. The molecule has 0 unspecified atom stereocenters. The van der Waals surface area contributed by atoms with Crippen molar-refractivity contribution in [3.63, 3.8) is 0 Å². The van der Waals surface area contributed by atoms with Gasteiger partial charge in [0, 0.05) is 12.1 Å². The highest BCUT2D eigenvalue weighted by Crippen LogP contribution is 2.11. The summed E-state index contributed by atoms with van der Waals surface area (Å²) >= 11 is 0. The number of sulfonamides is 1. The van der Waals surface area contributed by atoms with Crippen LogP contribution in [0, 0.1) is 0 Å². The number of nitrogens with one attached hydrogen (secondary N) is 2. The van der Waals surface area contributed by atoms with Crippen LogP contribution in [-0.2, 0) is 19.6 Å². The summed E-state index contributed by atoms with van der Waals surface area (Å²) in [5.41, 5.74) is -0.265. The van der Waals surface area contributed by atoms with Crippen molar-refractivity contribution in [3.05, 3.63) is 42.5 Å². The molecule has 0 spiro atoms. The van der Waals surface area contributed by atoms with Gasteiger partial charge in [-0.1, -0.05) is 6.08 Å². The van der Waals surface area contributed by atoms with Gasteiger partial charge in [-0.15, -0.1) is 6.58 Å². The third-order valence-electron chi connectivity index (χ3n) is 2.67. The number of amides is 1. The molecular weight excluding hydrogens is 332 g/mol. The van der Waals surface area contributed by atoms with Gasteiger partial charge in [0.05, 0.1) is 10.5 Å². The maximum absolute atomic E-state index is 11.9. The molecule has 1 amide bonds. The summed E-state index contributed by atoms with van der Waals surface area (Å²) < 4.78 is 31.0. The number of carbonyl (C=O) groups is 2. The highest BCUT2D eigenvalue weighted by Gasteiger charge is 2.17. The van der Waals surface area contributed by atoms with Crippen LogP contribution < -0.4 is 10.0 Å². The fraction of sp³-hybridized carbons (Fsp3) is 0.375. The molecule has 1 aromatic rings. The summed E-state index contributed by atoms with van der Waals surface area (Å²) in [6.07, 6.45) is 1.42. The average molecular weight is 354 g/mol. The molecule has 2 N–H and O–H groups in total. The van der Waals surface area contributed by atoms with Crippen LogP contribution in [0.3, 0.4) is 0 Å². The van der Waals surface area contributed by atoms with Crippen LogP contribution in [0.5, 0.6) is 0 Å².